The second-order valence-electron chi connectivity index (χ2n) is 11.4. The maximum absolute atomic E-state index is 14.0. The number of nitrogens with one attached hydrogen (secondary N) is 1. The maximum atomic E-state index is 14.0. The van der Waals surface area contributed by atoms with E-state index in [1.54, 1.807) is 7.11 Å². The quantitative estimate of drug-likeness (QED) is 0.388. The summed E-state index contributed by atoms with van der Waals surface area (Å²) in [4.78, 5) is 21.4. The molecule has 0 bridgehead atoms. The van der Waals surface area contributed by atoms with Gasteiger partial charge in [0.1, 0.15) is 11.3 Å². The largest absolute Gasteiger partial charge is 0.495 e. The molecular weight excluding hydrogens is 559 g/mol. The van der Waals surface area contributed by atoms with Gasteiger partial charge >= 0.3 is 6.18 Å². The molecule has 3 fully saturated rings. The summed E-state index contributed by atoms with van der Waals surface area (Å²) in [5.74, 6) is 0.401. The van der Waals surface area contributed by atoms with E-state index in [1.165, 1.54) is 5.06 Å². The monoisotopic (exact) mass is 597 g/mol. The molecule has 1 N–H and O–H groups in total. The number of piperidine rings is 1. The Kier molecular flexibility index (Phi) is 8.60. The summed E-state index contributed by atoms with van der Waals surface area (Å²) < 4.78 is 47.9. The van der Waals surface area contributed by atoms with Gasteiger partial charge in [0, 0.05) is 69.7 Å². The summed E-state index contributed by atoms with van der Waals surface area (Å²) in [7, 11) is 3.80. The van der Waals surface area contributed by atoms with Crippen LogP contribution in [0.3, 0.4) is 0 Å². The van der Waals surface area contributed by atoms with E-state index in [0.717, 1.165) is 69.6 Å². The van der Waals surface area contributed by atoms with Crippen LogP contribution in [0.2, 0.25) is 0 Å². The molecular formula is C31H38F3N7O2. The lowest BCUT2D eigenvalue weighted by Crippen LogP contribution is -2.52. The lowest BCUT2D eigenvalue weighted by molar-refractivity contribution is -0.138. The fourth-order valence-corrected chi connectivity index (χ4v) is 6.26. The van der Waals surface area contributed by atoms with Crippen molar-refractivity contribution in [3.8, 4) is 5.75 Å². The van der Waals surface area contributed by atoms with Crippen molar-refractivity contribution in [2.45, 2.75) is 37.5 Å². The third kappa shape index (κ3) is 6.51. The van der Waals surface area contributed by atoms with Crippen LogP contribution < -0.4 is 20.0 Å². The van der Waals surface area contributed by atoms with Gasteiger partial charge in [-0.2, -0.15) is 18.2 Å². The molecule has 0 radical (unpaired) electrons. The maximum Gasteiger partial charge on any atom is 0.421 e. The first-order valence-corrected chi connectivity index (χ1v) is 14.8. The Morgan fingerprint density at radius 3 is 2.40 bits per heavy atom. The van der Waals surface area contributed by atoms with Crippen LogP contribution in [-0.2, 0) is 11.0 Å². The molecule has 0 aliphatic carbocycles. The molecule has 0 spiro atoms. The minimum atomic E-state index is -4.65. The van der Waals surface area contributed by atoms with E-state index in [0.29, 0.717) is 23.9 Å². The number of alkyl halides is 3. The first-order valence-electron chi connectivity index (χ1n) is 14.8. The lowest BCUT2D eigenvalue weighted by atomic mass is 10.0. The van der Waals surface area contributed by atoms with E-state index < -0.39 is 17.8 Å². The molecule has 1 aromatic heterocycles. The van der Waals surface area contributed by atoms with Crippen LogP contribution in [0.15, 0.2) is 54.7 Å². The Morgan fingerprint density at radius 2 is 1.70 bits per heavy atom. The Bertz CT molecular complexity index is 1380. The molecule has 3 aliphatic rings. The first-order chi connectivity index (χ1) is 20.8. The van der Waals surface area contributed by atoms with Crippen molar-refractivity contribution in [1.29, 1.82) is 0 Å². The molecule has 4 heterocycles. The zero-order valence-electron chi connectivity index (χ0n) is 24.6. The van der Waals surface area contributed by atoms with Gasteiger partial charge in [-0.1, -0.05) is 30.3 Å². The molecule has 12 heteroatoms. The number of piperazine rings is 1. The number of aromatic nitrogens is 2. The van der Waals surface area contributed by atoms with E-state index in [-0.39, 0.29) is 18.4 Å². The van der Waals surface area contributed by atoms with Gasteiger partial charge in [-0.3, -0.25) is 9.74 Å². The van der Waals surface area contributed by atoms with Crippen molar-refractivity contribution in [3.05, 3.63) is 65.9 Å². The van der Waals surface area contributed by atoms with Crippen molar-refractivity contribution in [3.63, 3.8) is 0 Å². The van der Waals surface area contributed by atoms with Gasteiger partial charge in [0.05, 0.1) is 25.4 Å². The average molecular weight is 598 g/mol. The zero-order chi connectivity index (χ0) is 30.0. The number of nitrogens with zero attached hydrogens (tertiary/aromatic N) is 6. The number of likely N-dealkylation sites (N-methyl/N-ethyl adjacent to an activating group) is 1. The third-order valence-corrected chi connectivity index (χ3v) is 8.67. The molecule has 3 saturated heterocycles. The van der Waals surface area contributed by atoms with E-state index >= 15 is 0 Å². The highest BCUT2D eigenvalue weighted by molar-refractivity contribution is 5.68. The van der Waals surface area contributed by atoms with E-state index in [4.69, 9.17) is 9.57 Å². The first kappa shape index (κ1) is 29.5. The topological polar surface area (TPSA) is 69.2 Å². The number of hydroxylamine groups is 1. The smallest absolute Gasteiger partial charge is 0.421 e. The highest BCUT2D eigenvalue weighted by Gasteiger charge is 2.40. The number of methoxy groups -OCH3 is 1. The number of rotatable bonds is 7. The predicted molar refractivity (Wildman–Crippen MR) is 160 cm³/mol. The normalized spacial score (nSPS) is 20.9. The number of hydrogen-bond donors (Lipinski definition) is 1. The van der Waals surface area contributed by atoms with Crippen LogP contribution in [0.25, 0.3) is 0 Å². The number of benzene rings is 2. The predicted octanol–water partition coefficient (Wildman–Crippen LogP) is 5.35. The summed E-state index contributed by atoms with van der Waals surface area (Å²) in [5, 5.41) is 4.34. The van der Waals surface area contributed by atoms with Crippen LogP contribution in [0, 0.1) is 0 Å². The van der Waals surface area contributed by atoms with Crippen molar-refractivity contribution in [1.82, 2.24) is 19.8 Å². The molecule has 230 valence electrons. The van der Waals surface area contributed by atoms with Gasteiger partial charge in [0.15, 0.2) is 5.82 Å². The molecule has 1 unspecified atom stereocenters. The summed E-state index contributed by atoms with van der Waals surface area (Å²) in [6, 6.07) is 15.2. The molecule has 1 atom stereocenters. The minimum absolute atomic E-state index is 0.0353. The molecule has 0 saturated carbocycles. The Labute approximate surface area is 250 Å². The SMILES string of the molecule is COc1cc(Nc2ncc(C(F)(F)F)c(N3OCCC3c3ccccc3)n2)ccc1N1CCC(N2CCN(C)CC2)CC1. The van der Waals surface area contributed by atoms with Crippen molar-refractivity contribution < 1.29 is 22.7 Å². The fraction of sp³-hybridized carbons (Fsp3) is 0.484. The molecule has 6 rings (SSSR count). The Balaban J connectivity index is 1.19. The van der Waals surface area contributed by atoms with Crippen LogP contribution in [0.1, 0.15) is 36.4 Å². The number of ether oxygens (including phenoxy) is 1. The van der Waals surface area contributed by atoms with Crippen LogP contribution in [0.4, 0.5) is 36.3 Å². The van der Waals surface area contributed by atoms with Gasteiger partial charge < -0.3 is 19.9 Å². The van der Waals surface area contributed by atoms with E-state index in [1.807, 2.05) is 48.5 Å². The Hall–Kier alpha value is -3.61. The molecule has 3 aromatic rings. The van der Waals surface area contributed by atoms with Crippen molar-refractivity contribution >= 4 is 23.1 Å². The van der Waals surface area contributed by atoms with E-state index in [9.17, 15) is 13.2 Å². The summed E-state index contributed by atoms with van der Waals surface area (Å²) >= 11 is 0. The van der Waals surface area contributed by atoms with E-state index in [2.05, 4.69) is 37.0 Å². The molecule has 9 nitrogen and oxygen atoms in total. The molecule has 43 heavy (non-hydrogen) atoms. The number of halogens is 3. The van der Waals surface area contributed by atoms with Crippen LogP contribution in [0.5, 0.6) is 5.75 Å². The second-order valence-corrected chi connectivity index (χ2v) is 11.4. The van der Waals surface area contributed by atoms with Gasteiger partial charge in [-0.25, -0.2) is 10.0 Å². The van der Waals surface area contributed by atoms with Gasteiger partial charge in [-0.05, 0) is 37.6 Å². The van der Waals surface area contributed by atoms with Crippen LogP contribution >= 0.6 is 0 Å². The lowest BCUT2D eigenvalue weighted by Gasteiger charge is -2.42. The zero-order valence-corrected chi connectivity index (χ0v) is 24.6. The van der Waals surface area contributed by atoms with Crippen LogP contribution in [-0.4, -0.2) is 85.8 Å². The van der Waals surface area contributed by atoms with Crippen molar-refractivity contribution in [2.75, 3.05) is 75.3 Å². The third-order valence-electron chi connectivity index (χ3n) is 8.67. The second kappa shape index (κ2) is 12.6. The molecule has 3 aliphatic heterocycles. The van der Waals surface area contributed by atoms with Gasteiger partial charge in [0.25, 0.3) is 0 Å². The Morgan fingerprint density at radius 1 is 0.953 bits per heavy atom. The van der Waals surface area contributed by atoms with Gasteiger partial charge in [-0.15, -0.1) is 0 Å². The van der Waals surface area contributed by atoms with Crippen molar-refractivity contribution in [2.24, 2.45) is 0 Å². The van der Waals surface area contributed by atoms with Gasteiger partial charge in [0.2, 0.25) is 5.95 Å². The average Bonchev–Trinajstić information content (AvgIpc) is 3.52. The summed E-state index contributed by atoms with van der Waals surface area (Å²) in [6.07, 6.45) is -1.11. The highest BCUT2D eigenvalue weighted by Crippen LogP contribution is 2.42. The number of anilines is 4. The standard InChI is InChI=1S/C31H38F3N7O2/c1-38-15-17-39(18-16-38)24-10-13-40(14-11-24)27-9-8-23(20-28(27)42-2)36-30-35-21-25(31(32,33)34)29(37-30)41-26(12-19-43-41)22-6-4-3-5-7-22/h3-9,20-21,24,26H,10-19H2,1-2H3,(H,35,36,37). The number of hydrogen-bond acceptors (Lipinski definition) is 9. The summed E-state index contributed by atoms with van der Waals surface area (Å²) in [6.45, 7) is 6.63. The highest BCUT2D eigenvalue weighted by atomic mass is 19.4. The molecule has 2 aromatic carbocycles. The fourth-order valence-electron chi connectivity index (χ4n) is 6.26. The molecule has 0 amide bonds. The summed E-state index contributed by atoms with van der Waals surface area (Å²) in [5.41, 5.74) is 1.51. The minimum Gasteiger partial charge on any atom is -0.495 e.